The van der Waals surface area contributed by atoms with Crippen molar-refractivity contribution in [3.63, 3.8) is 0 Å². The van der Waals surface area contributed by atoms with Gasteiger partial charge >= 0.3 is 0 Å². The Hall–Kier alpha value is -2.51. The highest BCUT2D eigenvalue weighted by atomic mass is 32.2. The fourth-order valence-corrected chi connectivity index (χ4v) is 5.97. The Balaban J connectivity index is 1.58. The van der Waals surface area contributed by atoms with Crippen LogP contribution in [0.1, 0.15) is 28.7 Å². The number of nitrogens with zero attached hydrogens (tertiary/aromatic N) is 1. The summed E-state index contributed by atoms with van der Waals surface area (Å²) in [5, 5.41) is 3.55. The fraction of sp³-hybridized carbons (Fsp3) is 0.333. The lowest BCUT2D eigenvalue weighted by molar-refractivity contribution is -0.271. The van der Waals surface area contributed by atoms with E-state index in [1.807, 2.05) is 18.2 Å². The molecule has 33 heavy (non-hydrogen) atoms. The first-order valence-electron chi connectivity index (χ1n) is 11.4. The van der Waals surface area contributed by atoms with E-state index in [1.165, 1.54) is 23.8 Å². The summed E-state index contributed by atoms with van der Waals surface area (Å²) >= 11 is 0. The molecule has 1 atom stereocenters. The van der Waals surface area contributed by atoms with Crippen molar-refractivity contribution in [1.82, 2.24) is 5.32 Å². The van der Waals surface area contributed by atoms with Gasteiger partial charge in [0.2, 0.25) is 0 Å². The molecule has 1 aliphatic rings. The third-order valence-electron chi connectivity index (χ3n) is 6.17. The van der Waals surface area contributed by atoms with Crippen LogP contribution in [0, 0.1) is 13.8 Å². The highest BCUT2D eigenvalue weighted by Gasteiger charge is 2.31. The molecule has 1 aliphatic heterocycles. The van der Waals surface area contributed by atoms with Gasteiger partial charge in [-0.25, -0.2) is 14.0 Å². The monoisotopic (exact) mass is 464 g/mol. The van der Waals surface area contributed by atoms with Crippen molar-refractivity contribution in [2.45, 2.75) is 43.0 Å². The molecule has 0 amide bonds. The zero-order valence-corrected chi connectivity index (χ0v) is 20.4. The minimum Gasteiger partial charge on any atom is -0.339 e. The Morgan fingerprint density at radius 2 is 1.82 bits per heavy atom. The van der Waals surface area contributed by atoms with E-state index < -0.39 is 10.8 Å². The first kappa shape index (κ1) is 23.6. The van der Waals surface area contributed by atoms with Crippen molar-refractivity contribution in [2.75, 3.05) is 31.7 Å². The van der Waals surface area contributed by atoms with Crippen LogP contribution in [0.4, 0.5) is 11.4 Å². The number of hydrogen-bond donors (Lipinski definition) is 1. The van der Waals surface area contributed by atoms with Crippen LogP contribution in [0.15, 0.2) is 70.5 Å². The lowest BCUT2D eigenvalue weighted by atomic mass is 10.0. The second-order valence-electron chi connectivity index (χ2n) is 8.29. The van der Waals surface area contributed by atoms with Gasteiger partial charge in [-0.3, -0.25) is 0 Å². The third-order valence-corrected chi connectivity index (χ3v) is 7.74. The van der Waals surface area contributed by atoms with Crippen molar-refractivity contribution in [3.8, 4) is 0 Å². The van der Waals surface area contributed by atoms with Gasteiger partial charge in [0.15, 0.2) is 0 Å². The molecule has 6 heteroatoms. The van der Waals surface area contributed by atoms with Crippen molar-refractivity contribution in [2.24, 2.45) is 0 Å². The molecule has 1 unspecified atom stereocenters. The topological polar surface area (TPSA) is 50.8 Å². The molecule has 0 bridgehead atoms. The zero-order chi connectivity index (χ0) is 23.2. The maximum Gasteiger partial charge on any atom is 0.0895 e. The zero-order valence-electron chi connectivity index (χ0n) is 19.6. The molecule has 0 spiro atoms. The second kappa shape index (κ2) is 11.1. The van der Waals surface area contributed by atoms with Crippen molar-refractivity contribution in [1.29, 1.82) is 0 Å². The SMILES string of the molecule is COOCCc1cccc2c1S(=O)c1ccc(C)c(C)c1N2CCCNCc1ccccc1. The lowest BCUT2D eigenvalue weighted by Gasteiger charge is -2.35. The van der Waals surface area contributed by atoms with Crippen LogP contribution in [-0.2, 0) is 33.5 Å². The molecule has 0 aliphatic carbocycles. The van der Waals surface area contributed by atoms with Crippen molar-refractivity contribution in [3.05, 3.63) is 82.9 Å². The lowest BCUT2D eigenvalue weighted by Crippen LogP contribution is -2.29. The maximum atomic E-state index is 13.7. The molecule has 4 rings (SSSR count). The molecule has 1 heterocycles. The minimum absolute atomic E-state index is 0.424. The summed E-state index contributed by atoms with van der Waals surface area (Å²) in [7, 11) is 0.274. The number of benzene rings is 3. The van der Waals surface area contributed by atoms with Gasteiger partial charge < -0.3 is 10.2 Å². The molecule has 174 valence electrons. The smallest absolute Gasteiger partial charge is 0.0895 e. The van der Waals surface area contributed by atoms with Crippen molar-refractivity contribution < 1.29 is 14.0 Å². The van der Waals surface area contributed by atoms with E-state index in [-0.39, 0.29) is 0 Å². The number of fused-ring (bicyclic) bond motifs is 2. The number of hydrogen-bond acceptors (Lipinski definition) is 5. The summed E-state index contributed by atoms with van der Waals surface area (Å²) in [5.74, 6) is 0. The summed E-state index contributed by atoms with van der Waals surface area (Å²) < 4.78 is 13.7. The van der Waals surface area contributed by atoms with E-state index >= 15 is 0 Å². The highest BCUT2D eigenvalue weighted by Crippen LogP contribution is 2.45. The first-order valence-corrected chi connectivity index (χ1v) is 12.6. The van der Waals surface area contributed by atoms with E-state index in [0.29, 0.717) is 13.0 Å². The molecule has 1 N–H and O–H groups in total. The van der Waals surface area contributed by atoms with Gasteiger partial charge in [-0.2, -0.15) is 0 Å². The standard InChI is InChI=1S/C27H32N2O3S/c1-20-13-14-25-26(21(20)2)29(17-8-16-28-19-22-9-5-4-6-10-22)24-12-7-11-23(15-18-32-31-3)27(24)33(25)30/h4-7,9-14,28H,8,15-19H2,1-3H3. The summed E-state index contributed by atoms with van der Waals surface area (Å²) in [4.78, 5) is 14.0. The van der Waals surface area contributed by atoms with Crippen LogP contribution in [-0.4, -0.2) is 31.0 Å². The normalized spacial score (nSPS) is 14.8. The quantitative estimate of drug-likeness (QED) is 0.253. The van der Waals surface area contributed by atoms with Crippen LogP contribution in [0.3, 0.4) is 0 Å². The minimum atomic E-state index is -1.23. The summed E-state index contributed by atoms with van der Waals surface area (Å²) in [5.41, 5.74) is 6.86. The van der Waals surface area contributed by atoms with Crippen LogP contribution in [0.2, 0.25) is 0 Å². The van der Waals surface area contributed by atoms with E-state index in [9.17, 15) is 4.21 Å². The Bertz CT molecular complexity index is 1120. The number of anilines is 2. The second-order valence-corrected chi connectivity index (χ2v) is 9.68. The summed E-state index contributed by atoms with van der Waals surface area (Å²) in [6.45, 7) is 7.29. The predicted octanol–water partition coefficient (Wildman–Crippen LogP) is 5.22. The Labute approximate surface area is 199 Å². The van der Waals surface area contributed by atoms with E-state index in [2.05, 4.69) is 66.5 Å². The molecule has 5 nitrogen and oxygen atoms in total. The van der Waals surface area contributed by atoms with Gasteiger partial charge in [0, 0.05) is 19.5 Å². The van der Waals surface area contributed by atoms with Gasteiger partial charge in [-0.1, -0.05) is 48.5 Å². The predicted molar refractivity (Wildman–Crippen MR) is 133 cm³/mol. The van der Waals surface area contributed by atoms with Crippen molar-refractivity contribution >= 4 is 22.2 Å². The molecule has 0 radical (unpaired) electrons. The van der Waals surface area contributed by atoms with Crippen LogP contribution in [0.25, 0.3) is 0 Å². The molecule has 3 aromatic rings. The first-order chi connectivity index (χ1) is 16.1. The molecule has 0 saturated heterocycles. The summed E-state index contributed by atoms with van der Waals surface area (Å²) in [6, 6.07) is 20.7. The number of nitrogens with one attached hydrogen (secondary N) is 1. The van der Waals surface area contributed by atoms with Crippen LogP contribution < -0.4 is 10.2 Å². The number of rotatable bonds is 10. The average molecular weight is 465 g/mol. The molecule has 0 fully saturated rings. The van der Waals surface area contributed by atoms with E-state index in [1.54, 1.807) is 0 Å². The maximum absolute atomic E-state index is 13.7. The van der Waals surface area contributed by atoms with Gasteiger partial charge in [-0.05, 0) is 61.2 Å². The largest absolute Gasteiger partial charge is 0.339 e. The van der Waals surface area contributed by atoms with Gasteiger partial charge in [0.1, 0.15) is 0 Å². The average Bonchev–Trinajstić information content (AvgIpc) is 2.83. The van der Waals surface area contributed by atoms with Gasteiger partial charge in [-0.15, -0.1) is 0 Å². The Morgan fingerprint density at radius 1 is 1.00 bits per heavy atom. The molecular weight excluding hydrogens is 432 g/mol. The molecular formula is C27H32N2O3S. The molecule has 0 saturated carbocycles. The van der Waals surface area contributed by atoms with Crippen LogP contribution >= 0.6 is 0 Å². The number of aryl methyl sites for hydroxylation is 1. The van der Waals surface area contributed by atoms with E-state index in [4.69, 9.17) is 9.78 Å². The summed E-state index contributed by atoms with van der Waals surface area (Å²) in [6.07, 6.45) is 1.62. The Kier molecular flexibility index (Phi) is 7.93. The molecule has 3 aromatic carbocycles. The Morgan fingerprint density at radius 3 is 2.61 bits per heavy atom. The fourth-order valence-electron chi connectivity index (χ4n) is 4.34. The molecule has 0 aromatic heterocycles. The van der Waals surface area contributed by atoms with Gasteiger partial charge in [0.05, 0.1) is 45.7 Å². The highest BCUT2D eigenvalue weighted by molar-refractivity contribution is 7.85. The third kappa shape index (κ3) is 5.20. The van der Waals surface area contributed by atoms with E-state index in [0.717, 1.165) is 52.8 Å². The van der Waals surface area contributed by atoms with Gasteiger partial charge in [0.25, 0.3) is 0 Å². The van der Waals surface area contributed by atoms with Crippen LogP contribution in [0.5, 0.6) is 0 Å².